The van der Waals surface area contributed by atoms with Crippen molar-refractivity contribution in [2.75, 3.05) is 20.3 Å². The summed E-state index contributed by atoms with van der Waals surface area (Å²) in [5.41, 5.74) is 1.40. The summed E-state index contributed by atoms with van der Waals surface area (Å²) in [4.78, 5) is 15.3. The minimum atomic E-state index is -3.80. The second kappa shape index (κ2) is 10.1. The van der Waals surface area contributed by atoms with Crippen molar-refractivity contribution in [2.24, 2.45) is 0 Å². The summed E-state index contributed by atoms with van der Waals surface area (Å²) >= 11 is 0. The van der Waals surface area contributed by atoms with Gasteiger partial charge in [0.15, 0.2) is 0 Å². The van der Waals surface area contributed by atoms with Crippen LogP contribution in [0, 0.1) is 0 Å². The summed E-state index contributed by atoms with van der Waals surface area (Å²) in [6.45, 7) is 3.18. The smallest absolute Gasteiger partial charge is 0.254 e. The van der Waals surface area contributed by atoms with Gasteiger partial charge < -0.3 is 14.4 Å². The number of hydrogen-bond acceptors (Lipinski definition) is 5. The lowest BCUT2D eigenvalue weighted by atomic mass is 10.0. The molecule has 1 aliphatic heterocycles. The Balaban J connectivity index is 1.59. The van der Waals surface area contributed by atoms with Crippen molar-refractivity contribution >= 4 is 15.9 Å². The maximum absolute atomic E-state index is 13.5. The molecule has 178 valence electrons. The van der Waals surface area contributed by atoms with Gasteiger partial charge in [-0.15, -0.1) is 0 Å². The van der Waals surface area contributed by atoms with E-state index in [2.05, 4.69) is 4.72 Å². The highest BCUT2D eigenvalue weighted by atomic mass is 32.2. The van der Waals surface area contributed by atoms with Crippen LogP contribution in [0.1, 0.15) is 67.4 Å². The summed E-state index contributed by atoms with van der Waals surface area (Å²) in [5.74, 6) is 0.866. The number of hydrogen-bond donors (Lipinski definition) is 1. The van der Waals surface area contributed by atoms with Crippen molar-refractivity contribution in [1.82, 2.24) is 9.62 Å². The Hall–Kier alpha value is -2.58. The van der Waals surface area contributed by atoms with Gasteiger partial charge in [-0.1, -0.05) is 25.0 Å². The van der Waals surface area contributed by atoms with Crippen molar-refractivity contribution in [3.63, 3.8) is 0 Å². The maximum Gasteiger partial charge on any atom is 0.254 e. The number of nitrogens with zero attached hydrogens (tertiary/aromatic N) is 1. The molecule has 0 radical (unpaired) electrons. The number of carbonyl (C=O) groups excluding carboxylic acids is 1. The Bertz CT molecular complexity index is 1080. The molecule has 7 nitrogen and oxygen atoms in total. The molecule has 1 unspecified atom stereocenters. The minimum absolute atomic E-state index is 0.0135. The van der Waals surface area contributed by atoms with Gasteiger partial charge in [-0.3, -0.25) is 4.79 Å². The van der Waals surface area contributed by atoms with E-state index in [1.807, 2.05) is 36.1 Å². The molecule has 1 atom stereocenters. The van der Waals surface area contributed by atoms with Crippen LogP contribution in [0.15, 0.2) is 47.4 Å². The third-order valence-electron chi connectivity index (χ3n) is 6.47. The van der Waals surface area contributed by atoms with E-state index in [9.17, 15) is 13.2 Å². The van der Waals surface area contributed by atoms with Crippen LogP contribution in [0.4, 0.5) is 0 Å². The molecule has 1 saturated heterocycles. The molecule has 1 saturated carbocycles. The van der Waals surface area contributed by atoms with Crippen LogP contribution >= 0.6 is 0 Å². The standard InChI is InChI=1S/C25H32N2O5S/c1-3-32-21-13-10-18(11-14-21)22-9-6-16-27(22)25(28)19-12-15-23(31-2)24(17-19)33(29,30)26-20-7-4-5-8-20/h10-15,17,20,22,26H,3-9,16H2,1-2H3. The van der Waals surface area contributed by atoms with Gasteiger partial charge >= 0.3 is 0 Å². The first-order valence-corrected chi connectivity index (χ1v) is 13.2. The lowest BCUT2D eigenvalue weighted by molar-refractivity contribution is 0.0735. The molecule has 1 heterocycles. The normalized spacial score (nSPS) is 19.1. The van der Waals surface area contributed by atoms with Gasteiger partial charge in [0.2, 0.25) is 10.0 Å². The molecule has 0 aromatic heterocycles. The van der Waals surface area contributed by atoms with Gasteiger partial charge in [0, 0.05) is 18.2 Å². The first kappa shape index (κ1) is 23.6. The van der Waals surface area contributed by atoms with E-state index in [0.717, 1.165) is 49.8 Å². The summed E-state index contributed by atoms with van der Waals surface area (Å²) in [7, 11) is -2.36. The number of rotatable bonds is 8. The summed E-state index contributed by atoms with van der Waals surface area (Å²) < 4.78 is 39.8. The zero-order valence-electron chi connectivity index (χ0n) is 19.2. The Kier molecular flexibility index (Phi) is 7.24. The van der Waals surface area contributed by atoms with Crippen molar-refractivity contribution in [2.45, 2.75) is 62.4 Å². The van der Waals surface area contributed by atoms with Gasteiger partial charge in [0.1, 0.15) is 16.4 Å². The number of amides is 1. The molecule has 4 rings (SSSR count). The lowest BCUT2D eigenvalue weighted by Crippen LogP contribution is -2.33. The van der Waals surface area contributed by atoms with Gasteiger partial charge in [-0.2, -0.15) is 0 Å². The van der Waals surface area contributed by atoms with Crippen LogP contribution < -0.4 is 14.2 Å². The zero-order chi connectivity index (χ0) is 23.4. The van der Waals surface area contributed by atoms with Crippen LogP contribution in [0.2, 0.25) is 0 Å². The highest BCUT2D eigenvalue weighted by Crippen LogP contribution is 2.35. The Morgan fingerprint density at radius 1 is 1.06 bits per heavy atom. The number of ether oxygens (including phenoxy) is 2. The number of likely N-dealkylation sites (tertiary alicyclic amines) is 1. The minimum Gasteiger partial charge on any atom is -0.495 e. The highest BCUT2D eigenvalue weighted by Gasteiger charge is 2.32. The predicted octanol–water partition coefficient (Wildman–Crippen LogP) is 4.29. The number of sulfonamides is 1. The van der Waals surface area contributed by atoms with Crippen molar-refractivity contribution in [1.29, 1.82) is 0 Å². The van der Waals surface area contributed by atoms with Crippen molar-refractivity contribution < 1.29 is 22.7 Å². The van der Waals surface area contributed by atoms with E-state index >= 15 is 0 Å². The molecule has 2 aromatic carbocycles. The van der Waals surface area contributed by atoms with Crippen molar-refractivity contribution in [3.8, 4) is 11.5 Å². The molecule has 2 aromatic rings. The SMILES string of the molecule is CCOc1ccc(C2CCCN2C(=O)c2ccc(OC)c(S(=O)(=O)NC3CCCC3)c2)cc1. The fourth-order valence-corrected chi connectivity index (χ4v) is 6.32. The average molecular weight is 473 g/mol. The highest BCUT2D eigenvalue weighted by molar-refractivity contribution is 7.89. The molecular weight excluding hydrogens is 440 g/mol. The topological polar surface area (TPSA) is 84.9 Å². The first-order valence-electron chi connectivity index (χ1n) is 11.7. The molecule has 0 spiro atoms. The molecular formula is C25H32N2O5S. The van der Waals surface area contributed by atoms with Crippen LogP contribution in [-0.4, -0.2) is 45.5 Å². The fraction of sp³-hybridized carbons (Fsp3) is 0.480. The average Bonchev–Trinajstić information content (AvgIpc) is 3.51. The maximum atomic E-state index is 13.5. The van der Waals surface area contributed by atoms with Gasteiger partial charge in [-0.05, 0) is 68.5 Å². The third kappa shape index (κ3) is 5.17. The molecule has 1 amide bonds. The molecule has 2 fully saturated rings. The largest absolute Gasteiger partial charge is 0.495 e. The summed E-state index contributed by atoms with van der Waals surface area (Å²) in [6.07, 6.45) is 5.46. The second-order valence-corrected chi connectivity index (χ2v) is 10.3. The predicted molar refractivity (Wildman–Crippen MR) is 126 cm³/mol. The summed E-state index contributed by atoms with van der Waals surface area (Å²) in [5, 5.41) is 0. The Labute approximate surface area is 196 Å². The molecule has 8 heteroatoms. The van der Waals surface area contributed by atoms with E-state index in [4.69, 9.17) is 9.47 Å². The van der Waals surface area contributed by atoms with Crippen LogP contribution in [0.5, 0.6) is 11.5 Å². The Morgan fingerprint density at radius 2 is 1.79 bits per heavy atom. The van der Waals surface area contributed by atoms with E-state index in [0.29, 0.717) is 18.7 Å². The van der Waals surface area contributed by atoms with Gasteiger partial charge in [0.05, 0.1) is 19.8 Å². The summed E-state index contributed by atoms with van der Waals surface area (Å²) in [6, 6.07) is 12.4. The van der Waals surface area contributed by atoms with Crippen LogP contribution in [0.25, 0.3) is 0 Å². The zero-order valence-corrected chi connectivity index (χ0v) is 20.1. The molecule has 1 aliphatic carbocycles. The monoisotopic (exact) mass is 472 g/mol. The second-order valence-electron chi connectivity index (χ2n) is 8.63. The lowest BCUT2D eigenvalue weighted by Gasteiger charge is -2.26. The van der Waals surface area contributed by atoms with Gasteiger partial charge in [0.25, 0.3) is 5.91 Å². The van der Waals surface area contributed by atoms with Crippen LogP contribution in [-0.2, 0) is 10.0 Å². The fourth-order valence-electron chi connectivity index (χ4n) is 4.82. The number of benzene rings is 2. The third-order valence-corrected chi connectivity index (χ3v) is 8.01. The molecule has 2 aliphatic rings. The Morgan fingerprint density at radius 3 is 2.45 bits per heavy atom. The quantitative estimate of drug-likeness (QED) is 0.619. The number of carbonyl (C=O) groups is 1. The van der Waals surface area contributed by atoms with Crippen molar-refractivity contribution in [3.05, 3.63) is 53.6 Å². The van der Waals surface area contributed by atoms with E-state index in [-0.39, 0.29) is 28.6 Å². The van der Waals surface area contributed by atoms with Crippen LogP contribution in [0.3, 0.4) is 0 Å². The van der Waals surface area contributed by atoms with E-state index in [1.165, 1.54) is 13.2 Å². The molecule has 1 N–H and O–H groups in total. The number of methoxy groups -OCH3 is 1. The number of nitrogens with one attached hydrogen (secondary N) is 1. The van der Waals surface area contributed by atoms with E-state index < -0.39 is 10.0 Å². The van der Waals surface area contributed by atoms with E-state index in [1.54, 1.807) is 12.1 Å². The molecule has 0 bridgehead atoms. The molecule has 33 heavy (non-hydrogen) atoms. The van der Waals surface area contributed by atoms with Gasteiger partial charge in [-0.25, -0.2) is 13.1 Å². The first-order chi connectivity index (χ1) is 15.9.